The molecule has 3 aromatic heterocycles. The first kappa shape index (κ1) is 30.8. The number of fused-ring (bicyclic) bond motifs is 12. The maximum Gasteiger partial charge on any atom is 0.137 e. The van der Waals surface area contributed by atoms with Gasteiger partial charge in [-0.25, -0.2) is 0 Å². The van der Waals surface area contributed by atoms with Crippen molar-refractivity contribution in [3.8, 4) is 22.3 Å². The highest BCUT2D eigenvalue weighted by Crippen LogP contribution is 2.52. The summed E-state index contributed by atoms with van der Waals surface area (Å²) in [6.45, 7) is 4.70. The molecule has 3 nitrogen and oxygen atoms in total. The lowest BCUT2D eigenvalue weighted by Gasteiger charge is -2.28. The van der Waals surface area contributed by atoms with Crippen LogP contribution in [-0.4, -0.2) is 0 Å². The van der Waals surface area contributed by atoms with E-state index in [-0.39, 0.29) is 5.41 Å². The summed E-state index contributed by atoms with van der Waals surface area (Å²) in [5.74, 6) is 0. The van der Waals surface area contributed by atoms with Gasteiger partial charge in [-0.3, -0.25) is 0 Å². The van der Waals surface area contributed by atoms with Crippen LogP contribution in [0.2, 0.25) is 0 Å². The predicted octanol–water partition coefficient (Wildman–Crippen LogP) is 15.3. The van der Waals surface area contributed by atoms with Crippen molar-refractivity contribution in [3.63, 3.8) is 0 Å². The third-order valence-electron chi connectivity index (χ3n) is 11.9. The number of nitrogens with zero attached hydrogens (tertiary/aromatic N) is 1. The van der Waals surface area contributed by atoms with Crippen LogP contribution in [0.1, 0.15) is 25.0 Å². The molecule has 0 unspecified atom stereocenters. The van der Waals surface area contributed by atoms with E-state index in [9.17, 15) is 0 Å². The van der Waals surface area contributed by atoms with Crippen LogP contribution in [0.4, 0.5) is 17.1 Å². The summed E-state index contributed by atoms with van der Waals surface area (Å²) in [5, 5.41) is 6.80. The van der Waals surface area contributed by atoms with Crippen molar-refractivity contribution in [2.24, 2.45) is 0 Å². The van der Waals surface area contributed by atoms with E-state index >= 15 is 0 Å². The van der Waals surface area contributed by atoms with Crippen LogP contribution in [0.15, 0.2) is 173 Å². The van der Waals surface area contributed by atoms with Gasteiger partial charge >= 0.3 is 0 Å². The van der Waals surface area contributed by atoms with Gasteiger partial charge in [-0.2, -0.15) is 0 Å². The first-order valence-corrected chi connectivity index (χ1v) is 19.6. The van der Waals surface area contributed by atoms with Gasteiger partial charge in [0.25, 0.3) is 0 Å². The number of anilines is 3. The number of rotatable bonds is 4. The largest absolute Gasteiger partial charge is 0.456 e. The molecular formula is C51H33NO2S. The smallest absolute Gasteiger partial charge is 0.137 e. The molecule has 8 aromatic carbocycles. The van der Waals surface area contributed by atoms with E-state index in [0.717, 1.165) is 72.1 Å². The molecule has 12 rings (SSSR count). The summed E-state index contributed by atoms with van der Waals surface area (Å²) in [4.78, 5) is 2.43. The van der Waals surface area contributed by atoms with Crippen molar-refractivity contribution in [1.82, 2.24) is 0 Å². The second kappa shape index (κ2) is 11.2. The van der Waals surface area contributed by atoms with Crippen molar-refractivity contribution in [3.05, 3.63) is 175 Å². The third-order valence-corrected chi connectivity index (χ3v) is 13.0. The van der Waals surface area contributed by atoms with Crippen molar-refractivity contribution >= 4 is 92.4 Å². The highest BCUT2D eigenvalue weighted by molar-refractivity contribution is 7.26. The first-order valence-electron chi connectivity index (χ1n) is 18.8. The van der Waals surface area contributed by atoms with E-state index in [4.69, 9.17) is 8.83 Å². The molecule has 0 amide bonds. The molecule has 1 aliphatic carbocycles. The molecule has 11 aromatic rings. The molecule has 0 bridgehead atoms. The molecule has 0 radical (unpaired) electrons. The lowest BCUT2D eigenvalue weighted by molar-refractivity contribution is 0.660. The quantitative estimate of drug-likeness (QED) is 0.181. The molecule has 260 valence electrons. The summed E-state index contributed by atoms with van der Waals surface area (Å²) in [6.07, 6.45) is 0. The molecule has 55 heavy (non-hydrogen) atoms. The van der Waals surface area contributed by atoms with Gasteiger partial charge in [0.15, 0.2) is 0 Å². The van der Waals surface area contributed by atoms with E-state index in [1.165, 1.54) is 42.4 Å². The standard InChI is InChI=1S/C51H33NO2S/c1-51(2)40-17-8-6-14-34(40)35-24-22-31(26-41(35)51)52(42-18-11-21-48-50(42)37-15-7-9-20-47(37)55-48)32-23-25-36-38-28-46-39(29-45(38)54-44(36)27-32)49-33(16-10-19-43(49)53-46)30-12-4-3-5-13-30/h3-29H,1-2H3. The predicted molar refractivity (Wildman–Crippen MR) is 232 cm³/mol. The Bertz CT molecular complexity index is 3360. The second-order valence-electron chi connectivity index (χ2n) is 15.3. The van der Waals surface area contributed by atoms with Crippen LogP contribution in [0.5, 0.6) is 0 Å². The average molecular weight is 724 g/mol. The fourth-order valence-electron chi connectivity index (χ4n) is 9.28. The molecule has 4 heteroatoms. The van der Waals surface area contributed by atoms with Gasteiger partial charge in [0, 0.05) is 64.6 Å². The summed E-state index contributed by atoms with van der Waals surface area (Å²) in [5.41, 5.74) is 14.3. The fraction of sp³-hybridized carbons (Fsp3) is 0.0588. The molecule has 0 spiro atoms. The zero-order chi connectivity index (χ0) is 36.4. The monoisotopic (exact) mass is 723 g/mol. The van der Waals surface area contributed by atoms with Crippen LogP contribution in [-0.2, 0) is 5.41 Å². The lowest BCUT2D eigenvalue weighted by atomic mass is 9.82. The Morgan fingerprint density at radius 1 is 0.436 bits per heavy atom. The summed E-state index contributed by atoms with van der Waals surface area (Å²) >= 11 is 1.85. The molecule has 0 N–H and O–H groups in total. The number of furan rings is 2. The summed E-state index contributed by atoms with van der Waals surface area (Å²) in [6, 6.07) is 59.1. The van der Waals surface area contributed by atoms with Crippen LogP contribution < -0.4 is 4.90 Å². The van der Waals surface area contributed by atoms with Gasteiger partial charge in [-0.15, -0.1) is 11.3 Å². The van der Waals surface area contributed by atoms with E-state index in [2.05, 4.69) is 183 Å². The second-order valence-corrected chi connectivity index (χ2v) is 16.3. The minimum Gasteiger partial charge on any atom is -0.456 e. The number of benzene rings is 8. The third kappa shape index (κ3) is 4.37. The SMILES string of the molecule is CC1(C)c2ccccc2-c2ccc(N(c3ccc4c(c3)oc3cc5c(cc34)oc3cccc(-c4ccccc4)c35)c3cccc4sc5ccccc5c34)cc21. The van der Waals surface area contributed by atoms with E-state index in [1.54, 1.807) is 0 Å². The highest BCUT2D eigenvalue weighted by Gasteiger charge is 2.36. The number of thiophene rings is 1. The normalized spacial score (nSPS) is 13.4. The maximum absolute atomic E-state index is 6.81. The Labute approximate surface area is 321 Å². The lowest BCUT2D eigenvalue weighted by Crippen LogP contribution is -2.16. The van der Waals surface area contributed by atoms with Gasteiger partial charge in [0.2, 0.25) is 0 Å². The minimum atomic E-state index is -0.126. The van der Waals surface area contributed by atoms with Crippen LogP contribution >= 0.6 is 11.3 Å². The Morgan fingerprint density at radius 2 is 1.11 bits per heavy atom. The summed E-state index contributed by atoms with van der Waals surface area (Å²) in [7, 11) is 0. The van der Waals surface area contributed by atoms with Crippen LogP contribution in [0, 0.1) is 0 Å². The first-order chi connectivity index (χ1) is 27.0. The molecule has 0 saturated carbocycles. The van der Waals surface area contributed by atoms with Crippen LogP contribution in [0.3, 0.4) is 0 Å². The molecule has 0 atom stereocenters. The number of hydrogen-bond donors (Lipinski definition) is 0. The van der Waals surface area contributed by atoms with E-state index in [0.29, 0.717) is 0 Å². The van der Waals surface area contributed by atoms with Gasteiger partial charge in [-0.05, 0) is 94.0 Å². The Hall–Kier alpha value is -6.62. The molecule has 0 aliphatic heterocycles. The zero-order valence-corrected chi connectivity index (χ0v) is 31.1. The summed E-state index contributed by atoms with van der Waals surface area (Å²) < 4.78 is 15.9. The van der Waals surface area contributed by atoms with E-state index in [1.807, 2.05) is 11.3 Å². The van der Waals surface area contributed by atoms with Crippen molar-refractivity contribution in [2.75, 3.05) is 4.90 Å². The zero-order valence-electron chi connectivity index (χ0n) is 30.3. The van der Waals surface area contributed by atoms with Crippen molar-refractivity contribution in [1.29, 1.82) is 0 Å². The van der Waals surface area contributed by atoms with Crippen molar-refractivity contribution < 1.29 is 8.83 Å². The fourth-order valence-corrected chi connectivity index (χ4v) is 10.4. The van der Waals surface area contributed by atoms with Gasteiger partial charge < -0.3 is 13.7 Å². The Morgan fingerprint density at radius 3 is 2.04 bits per heavy atom. The van der Waals surface area contributed by atoms with Crippen LogP contribution in [0.25, 0.3) is 86.3 Å². The highest BCUT2D eigenvalue weighted by atomic mass is 32.1. The average Bonchev–Trinajstić information content (AvgIpc) is 3.95. The van der Waals surface area contributed by atoms with Crippen molar-refractivity contribution in [2.45, 2.75) is 19.3 Å². The maximum atomic E-state index is 6.81. The van der Waals surface area contributed by atoms with Gasteiger partial charge in [0.1, 0.15) is 22.3 Å². The Balaban J connectivity index is 1.08. The van der Waals surface area contributed by atoms with Gasteiger partial charge in [0.05, 0.1) is 5.69 Å². The van der Waals surface area contributed by atoms with Gasteiger partial charge in [-0.1, -0.05) is 111 Å². The minimum absolute atomic E-state index is 0.126. The molecular weight excluding hydrogens is 691 g/mol. The molecule has 1 aliphatic rings. The number of hydrogen-bond acceptors (Lipinski definition) is 4. The Kier molecular flexibility index (Phi) is 6.27. The topological polar surface area (TPSA) is 29.5 Å². The molecule has 3 heterocycles. The van der Waals surface area contributed by atoms with E-state index < -0.39 is 0 Å². The molecule has 0 saturated heterocycles. The molecule has 0 fully saturated rings.